The van der Waals surface area contributed by atoms with Gasteiger partial charge in [0.1, 0.15) is 6.33 Å². The van der Waals surface area contributed by atoms with Gasteiger partial charge in [0.15, 0.2) is 0 Å². The molecule has 1 amide bonds. The Bertz CT molecular complexity index is 864. The molecule has 1 aromatic heterocycles. The van der Waals surface area contributed by atoms with Crippen LogP contribution in [-0.2, 0) is 0 Å². The lowest BCUT2D eigenvalue weighted by Gasteiger charge is -2.10. The number of amides is 1. The highest BCUT2D eigenvalue weighted by Crippen LogP contribution is 2.27. The Balaban J connectivity index is 1.86. The van der Waals surface area contributed by atoms with Gasteiger partial charge < -0.3 is 5.32 Å². The SMILES string of the molecule is Cc1cc(C(=O)Nc2cc(Br)ccc2Br)ccc1-n1cnnn1. The molecular formula is C15H11Br2N5O. The van der Waals surface area contributed by atoms with Crippen molar-refractivity contribution < 1.29 is 4.79 Å². The van der Waals surface area contributed by atoms with E-state index in [0.29, 0.717) is 11.3 Å². The lowest BCUT2D eigenvalue weighted by atomic mass is 10.1. The minimum absolute atomic E-state index is 0.185. The van der Waals surface area contributed by atoms with Gasteiger partial charge in [-0.2, -0.15) is 0 Å². The van der Waals surface area contributed by atoms with Gasteiger partial charge >= 0.3 is 0 Å². The molecule has 0 aliphatic rings. The Labute approximate surface area is 149 Å². The summed E-state index contributed by atoms with van der Waals surface area (Å²) in [5.41, 5.74) is 2.99. The Morgan fingerprint density at radius 1 is 1.17 bits per heavy atom. The second kappa shape index (κ2) is 6.59. The number of carbonyl (C=O) groups excluding carboxylic acids is 1. The highest BCUT2D eigenvalue weighted by atomic mass is 79.9. The van der Waals surface area contributed by atoms with E-state index in [1.165, 1.54) is 6.33 Å². The smallest absolute Gasteiger partial charge is 0.255 e. The third kappa shape index (κ3) is 3.48. The molecule has 1 N–H and O–H groups in total. The standard InChI is InChI=1S/C15H11Br2N5O/c1-9-6-10(2-5-14(9)22-8-18-20-21-22)15(23)19-13-7-11(16)3-4-12(13)17/h2-8H,1H3,(H,19,23). The first-order chi connectivity index (χ1) is 11.0. The van der Waals surface area contributed by atoms with Crippen molar-refractivity contribution in [2.45, 2.75) is 6.92 Å². The number of benzene rings is 2. The van der Waals surface area contributed by atoms with Gasteiger partial charge in [-0.25, -0.2) is 4.68 Å². The lowest BCUT2D eigenvalue weighted by Crippen LogP contribution is -2.13. The van der Waals surface area contributed by atoms with Gasteiger partial charge in [0.2, 0.25) is 0 Å². The number of nitrogens with one attached hydrogen (secondary N) is 1. The summed E-state index contributed by atoms with van der Waals surface area (Å²) < 4.78 is 3.26. The molecular weight excluding hydrogens is 426 g/mol. The Kier molecular flexibility index (Phi) is 4.53. The first-order valence-corrected chi connectivity index (χ1v) is 8.23. The molecule has 0 aliphatic heterocycles. The molecule has 0 unspecified atom stereocenters. The van der Waals surface area contributed by atoms with Crippen LogP contribution in [0.15, 0.2) is 51.7 Å². The first kappa shape index (κ1) is 15.8. The van der Waals surface area contributed by atoms with Crippen molar-refractivity contribution in [2.75, 3.05) is 5.32 Å². The van der Waals surface area contributed by atoms with Crippen molar-refractivity contribution >= 4 is 43.5 Å². The van der Waals surface area contributed by atoms with Crippen LogP contribution >= 0.6 is 31.9 Å². The Hall–Kier alpha value is -2.06. The Morgan fingerprint density at radius 3 is 2.70 bits per heavy atom. The summed E-state index contributed by atoms with van der Waals surface area (Å²) >= 11 is 6.81. The molecule has 0 fully saturated rings. The van der Waals surface area contributed by atoms with Crippen molar-refractivity contribution in [1.29, 1.82) is 0 Å². The average Bonchev–Trinajstić information content (AvgIpc) is 3.05. The predicted octanol–water partition coefficient (Wildman–Crippen LogP) is 3.75. The quantitative estimate of drug-likeness (QED) is 0.678. The number of aryl methyl sites for hydroxylation is 1. The summed E-state index contributed by atoms with van der Waals surface area (Å²) in [4.78, 5) is 12.4. The van der Waals surface area contributed by atoms with Crippen LogP contribution in [0.3, 0.4) is 0 Å². The van der Waals surface area contributed by atoms with E-state index in [2.05, 4.69) is 52.7 Å². The second-order valence-electron chi connectivity index (χ2n) is 4.83. The zero-order chi connectivity index (χ0) is 16.4. The normalized spacial score (nSPS) is 10.6. The summed E-state index contributed by atoms with van der Waals surface area (Å²) in [6.07, 6.45) is 1.51. The molecule has 0 radical (unpaired) electrons. The third-order valence-electron chi connectivity index (χ3n) is 3.23. The monoisotopic (exact) mass is 435 g/mol. The van der Waals surface area contributed by atoms with Gasteiger partial charge in [-0.05, 0) is 75.2 Å². The minimum Gasteiger partial charge on any atom is -0.321 e. The van der Waals surface area contributed by atoms with Gasteiger partial charge in [0.25, 0.3) is 5.91 Å². The number of anilines is 1. The minimum atomic E-state index is -0.185. The molecule has 1 heterocycles. The van der Waals surface area contributed by atoms with E-state index >= 15 is 0 Å². The number of hydrogen-bond donors (Lipinski definition) is 1. The molecule has 3 aromatic rings. The largest absolute Gasteiger partial charge is 0.321 e. The van der Waals surface area contributed by atoms with Crippen molar-refractivity contribution in [3.05, 3.63) is 62.8 Å². The van der Waals surface area contributed by atoms with E-state index in [1.807, 2.05) is 31.2 Å². The summed E-state index contributed by atoms with van der Waals surface area (Å²) in [5.74, 6) is -0.185. The fourth-order valence-corrected chi connectivity index (χ4v) is 2.82. The molecule has 0 saturated heterocycles. The van der Waals surface area contributed by atoms with E-state index in [9.17, 15) is 4.79 Å². The molecule has 2 aromatic carbocycles. The van der Waals surface area contributed by atoms with Crippen LogP contribution < -0.4 is 5.32 Å². The van der Waals surface area contributed by atoms with Crippen LogP contribution in [0.25, 0.3) is 5.69 Å². The number of carbonyl (C=O) groups is 1. The van der Waals surface area contributed by atoms with E-state index in [4.69, 9.17) is 0 Å². The third-order valence-corrected chi connectivity index (χ3v) is 4.42. The van der Waals surface area contributed by atoms with E-state index in [1.54, 1.807) is 16.8 Å². The van der Waals surface area contributed by atoms with Crippen molar-refractivity contribution in [3.63, 3.8) is 0 Å². The molecule has 0 saturated carbocycles. The lowest BCUT2D eigenvalue weighted by molar-refractivity contribution is 0.102. The molecule has 0 spiro atoms. The van der Waals surface area contributed by atoms with Crippen molar-refractivity contribution in [3.8, 4) is 5.69 Å². The average molecular weight is 437 g/mol. The van der Waals surface area contributed by atoms with Gasteiger partial charge in [-0.3, -0.25) is 4.79 Å². The number of tetrazole rings is 1. The number of halogens is 2. The van der Waals surface area contributed by atoms with Gasteiger partial charge in [0.05, 0.1) is 11.4 Å². The predicted molar refractivity (Wildman–Crippen MR) is 93.7 cm³/mol. The van der Waals surface area contributed by atoms with E-state index < -0.39 is 0 Å². The van der Waals surface area contributed by atoms with Gasteiger partial charge in [-0.15, -0.1) is 5.10 Å². The molecule has 8 heteroatoms. The molecule has 0 atom stereocenters. The maximum absolute atomic E-state index is 12.4. The van der Waals surface area contributed by atoms with Crippen molar-refractivity contribution in [1.82, 2.24) is 20.2 Å². The van der Waals surface area contributed by atoms with Crippen LogP contribution in [0.4, 0.5) is 5.69 Å². The molecule has 116 valence electrons. The summed E-state index contributed by atoms with van der Waals surface area (Å²) in [7, 11) is 0. The number of hydrogen-bond acceptors (Lipinski definition) is 4. The number of aromatic nitrogens is 4. The maximum Gasteiger partial charge on any atom is 0.255 e. The highest BCUT2D eigenvalue weighted by molar-refractivity contribution is 9.11. The maximum atomic E-state index is 12.4. The molecule has 0 aliphatic carbocycles. The topological polar surface area (TPSA) is 72.7 Å². The number of nitrogens with zero attached hydrogens (tertiary/aromatic N) is 4. The highest BCUT2D eigenvalue weighted by Gasteiger charge is 2.11. The molecule has 23 heavy (non-hydrogen) atoms. The first-order valence-electron chi connectivity index (χ1n) is 6.65. The summed E-state index contributed by atoms with van der Waals surface area (Å²) in [6, 6.07) is 11.0. The van der Waals surface area contributed by atoms with Crippen LogP contribution in [-0.4, -0.2) is 26.1 Å². The van der Waals surface area contributed by atoms with Crippen molar-refractivity contribution in [2.24, 2.45) is 0 Å². The van der Waals surface area contributed by atoms with E-state index in [-0.39, 0.29) is 5.91 Å². The molecule has 0 bridgehead atoms. The van der Waals surface area contributed by atoms with Gasteiger partial charge in [0, 0.05) is 14.5 Å². The van der Waals surface area contributed by atoms with Gasteiger partial charge in [-0.1, -0.05) is 15.9 Å². The summed E-state index contributed by atoms with van der Waals surface area (Å²) in [5, 5.41) is 14.0. The van der Waals surface area contributed by atoms with Crippen LogP contribution in [0.2, 0.25) is 0 Å². The number of rotatable bonds is 3. The zero-order valence-electron chi connectivity index (χ0n) is 12.0. The van der Waals surface area contributed by atoms with Crippen LogP contribution in [0, 0.1) is 6.92 Å². The van der Waals surface area contributed by atoms with Crippen LogP contribution in [0.5, 0.6) is 0 Å². The molecule has 6 nitrogen and oxygen atoms in total. The van der Waals surface area contributed by atoms with Crippen LogP contribution in [0.1, 0.15) is 15.9 Å². The fourth-order valence-electron chi connectivity index (χ4n) is 2.11. The summed E-state index contributed by atoms with van der Waals surface area (Å²) in [6.45, 7) is 1.91. The zero-order valence-corrected chi connectivity index (χ0v) is 15.2. The fraction of sp³-hybridized carbons (Fsp3) is 0.0667. The Morgan fingerprint density at radius 2 is 2.00 bits per heavy atom. The van der Waals surface area contributed by atoms with E-state index in [0.717, 1.165) is 20.2 Å². The molecule has 3 rings (SSSR count). The second-order valence-corrected chi connectivity index (χ2v) is 6.60.